The lowest BCUT2D eigenvalue weighted by Crippen LogP contribution is -2.44. The molecule has 0 amide bonds. The van der Waals surface area contributed by atoms with Gasteiger partial charge >= 0.3 is 0 Å². The number of hydrogen-bond donors (Lipinski definition) is 2. The molecule has 1 fully saturated rings. The summed E-state index contributed by atoms with van der Waals surface area (Å²) < 4.78 is 11.2. The van der Waals surface area contributed by atoms with E-state index in [9.17, 15) is 0 Å². The minimum Gasteiger partial charge on any atom is -0.497 e. The van der Waals surface area contributed by atoms with Gasteiger partial charge in [-0.25, -0.2) is 4.98 Å². The number of benzene rings is 1. The van der Waals surface area contributed by atoms with Gasteiger partial charge in [0.25, 0.3) is 0 Å². The van der Waals surface area contributed by atoms with Gasteiger partial charge < -0.3 is 19.8 Å². The molecule has 1 aromatic carbocycles. The zero-order valence-electron chi connectivity index (χ0n) is 19.6. The van der Waals surface area contributed by atoms with Crippen molar-refractivity contribution in [3.05, 3.63) is 47.7 Å². The fourth-order valence-electron chi connectivity index (χ4n) is 3.83. The number of hydrogen-bond acceptors (Lipinski definition) is 5. The van der Waals surface area contributed by atoms with E-state index in [1.165, 1.54) is 24.8 Å². The molecule has 1 atom stereocenters. The first-order valence-corrected chi connectivity index (χ1v) is 11.2. The largest absolute Gasteiger partial charge is 0.497 e. The molecule has 1 unspecified atom stereocenters. The summed E-state index contributed by atoms with van der Waals surface area (Å²) in [5.41, 5.74) is 1.23. The first-order chi connectivity index (χ1) is 14.9. The Balaban J connectivity index is 1.62. The van der Waals surface area contributed by atoms with Crippen LogP contribution in [0.3, 0.4) is 0 Å². The van der Waals surface area contributed by atoms with E-state index in [4.69, 9.17) is 9.15 Å². The molecule has 1 aliphatic rings. The van der Waals surface area contributed by atoms with Crippen LogP contribution in [-0.4, -0.2) is 49.6 Å². The van der Waals surface area contributed by atoms with Crippen molar-refractivity contribution in [3.8, 4) is 5.75 Å². The molecule has 2 aromatic rings. The van der Waals surface area contributed by atoms with Crippen LogP contribution in [0.15, 0.2) is 39.9 Å². The van der Waals surface area contributed by atoms with E-state index in [2.05, 4.69) is 58.4 Å². The number of oxazole rings is 1. The van der Waals surface area contributed by atoms with Crippen molar-refractivity contribution in [1.29, 1.82) is 0 Å². The van der Waals surface area contributed by atoms with Gasteiger partial charge in [-0.15, -0.1) is 0 Å². The van der Waals surface area contributed by atoms with Gasteiger partial charge in [-0.1, -0.05) is 39.3 Å². The van der Waals surface area contributed by atoms with Gasteiger partial charge in [0, 0.05) is 19.0 Å². The average molecular weight is 428 g/mol. The summed E-state index contributed by atoms with van der Waals surface area (Å²) in [6.45, 7) is 9.85. The van der Waals surface area contributed by atoms with Crippen LogP contribution in [-0.2, 0) is 12.0 Å². The molecule has 2 heterocycles. The number of ether oxygens (including phenoxy) is 1. The van der Waals surface area contributed by atoms with Gasteiger partial charge in [0.2, 0.25) is 5.89 Å². The molecule has 0 radical (unpaired) electrons. The summed E-state index contributed by atoms with van der Waals surface area (Å²) in [4.78, 5) is 11.3. The second-order valence-electron chi connectivity index (χ2n) is 9.06. The van der Waals surface area contributed by atoms with Crippen molar-refractivity contribution in [2.45, 2.75) is 58.0 Å². The Labute approximate surface area is 186 Å². The van der Waals surface area contributed by atoms with Crippen molar-refractivity contribution in [3.63, 3.8) is 0 Å². The number of nitrogens with one attached hydrogen (secondary N) is 2. The third-order valence-electron chi connectivity index (χ3n) is 5.72. The van der Waals surface area contributed by atoms with Crippen LogP contribution in [0.4, 0.5) is 0 Å². The summed E-state index contributed by atoms with van der Waals surface area (Å²) in [6, 6.07) is 8.68. The molecule has 1 aromatic heterocycles. The van der Waals surface area contributed by atoms with Crippen molar-refractivity contribution < 1.29 is 9.15 Å². The zero-order chi connectivity index (χ0) is 22.3. The Bertz CT molecular complexity index is 832. The number of aromatic nitrogens is 1. The highest BCUT2D eigenvalue weighted by Crippen LogP contribution is 2.26. The van der Waals surface area contributed by atoms with Crippen molar-refractivity contribution in [2.75, 3.05) is 33.8 Å². The molecule has 7 heteroatoms. The lowest BCUT2D eigenvalue weighted by molar-refractivity contribution is 0.164. The van der Waals surface area contributed by atoms with Crippen LogP contribution in [0.25, 0.3) is 0 Å². The summed E-state index contributed by atoms with van der Waals surface area (Å²) in [5.74, 6) is 3.17. The molecule has 31 heavy (non-hydrogen) atoms. The first-order valence-electron chi connectivity index (χ1n) is 11.2. The lowest BCUT2D eigenvalue weighted by Gasteiger charge is -2.35. The van der Waals surface area contributed by atoms with E-state index in [1.54, 1.807) is 14.2 Å². The number of piperidine rings is 1. The van der Waals surface area contributed by atoms with Crippen LogP contribution in [0.1, 0.15) is 63.3 Å². The fraction of sp³-hybridized carbons (Fsp3) is 0.583. The van der Waals surface area contributed by atoms with Gasteiger partial charge in [-0.2, -0.15) is 0 Å². The maximum Gasteiger partial charge on any atom is 0.213 e. The Hall–Kier alpha value is -2.54. The van der Waals surface area contributed by atoms with Crippen molar-refractivity contribution in [1.82, 2.24) is 20.5 Å². The molecule has 0 aliphatic carbocycles. The summed E-state index contributed by atoms with van der Waals surface area (Å²) in [6.07, 6.45) is 5.62. The monoisotopic (exact) mass is 427 g/mol. The average Bonchev–Trinajstić information content (AvgIpc) is 3.27. The number of rotatable bonds is 7. The Kier molecular flexibility index (Phi) is 7.96. The molecule has 1 saturated heterocycles. The number of aliphatic imine (C=N–C) groups is 1. The molecule has 7 nitrogen and oxygen atoms in total. The number of likely N-dealkylation sites (tertiary alicyclic amines) is 1. The SMILES string of the molecule is CN=C(NCc1ncc(C(C)(C)C)o1)NCC(c1ccc(OC)cc1)N1CCCCC1. The maximum absolute atomic E-state index is 5.88. The topological polar surface area (TPSA) is 74.9 Å². The molecule has 1 aliphatic heterocycles. The predicted octanol–water partition coefficient (Wildman–Crippen LogP) is 3.87. The molecule has 0 saturated carbocycles. The highest BCUT2D eigenvalue weighted by molar-refractivity contribution is 5.79. The summed E-state index contributed by atoms with van der Waals surface area (Å²) in [5, 5.41) is 6.82. The summed E-state index contributed by atoms with van der Waals surface area (Å²) >= 11 is 0. The van der Waals surface area contributed by atoms with E-state index < -0.39 is 0 Å². The van der Waals surface area contributed by atoms with E-state index in [1.807, 2.05) is 18.3 Å². The first kappa shape index (κ1) is 23.1. The zero-order valence-corrected chi connectivity index (χ0v) is 19.6. The number of guanidine groups is 1. The molecular weight excluding hydrogens is 390 g/mol. The van der Waals surface area contributed by atoms with E-state index in [-0.39, 0.29) is 11.5 Å². The number of methoxy groups -OCH3 is 1. The quantitative estimate of drug-likeness (QED) is 0.516. The highest BCUT2D eigenvalue weighted by Gasteiger charge is 2.23. The Morgan fingerprint density at radius 2 is 1.87 bits per heavy atom. The van der Waals surface area contributed by atoms with Crippen LogP contribution >= 0.6 is 0 Å². The molecule has 2 N–H and O–H groups in total. The molecule has 170 valence electrons. The van der Waals surface area contributed by atoms with Gasteiger partial charge in [0.05, 0.1) is 25.9 Å². The normalized spacial score (nSPS) is 16.7. The molecule has 3 rings (SSSR count). The Morgan fingerprint density at radius 3 is 2.45 bits per heavy atom. The molecule has 0 bridgehead atoms. The smallest absolute Gasteiger partial charge is 0.213 e. The van der Waals surface area contributed by atoms with Crippen molar-refractivity contribution >= 4 is 5.96 Å². The Morgan fingerprint density at radius 1 is 1.16 bits per heavy atom. The minimum atomic E-state index is -0.0504. The number of nitrogens with zero attached hydrogens (tertiary/aromatic N) is 3. The molecule has 0 spiro atoms. The van der Waals surface area contributed by atoms with Crippen molar-refractivity contribution in [2.24, 2.45) is 4.99 Å². The van der Waals surface area contributed by atoms with Gasteiger partial charge in [-0.3, -0.25) is 9.89 Å². The van der Waals surface area contributed by atoms with Gasteiger partial charge in [-0.05, 0) is 43.6 Å². The minimum absolute atomic E-state index is 0.0504. The van der Waals surface area contributed by atoms with E-state index in [0.29, 0.717) is 12.4 Å². The third-order valence-corrected chi connectivity index (χ3v) is 5.72. The maximum atomic E-state index is 5.88. The molecular formula is C24H37N5O2. The second kappa shape index (κ2) is 10.7. The van der Waals surface area contributed by atoms with Crippen LogP contribution < -0.4 is 15.4 Å². The van der Waals surface area contributed by atoms with Gasteiger partial charge in [0.1, 0.15) is 11.5 Å². The highest BCUT2D eigenvalue weighted by atomic mass is 16.5. The lowest BCUT2D eigenvalue weighted by atomic mass is 9.94. The standard InChI is InChI=1S/C24H37N5O2/c1-24(2,3)21-16-26-22(31-21)17-28-23(25-4)27-15-20(29-13-7-6-8-14-29)18-9-11-19(30-5)12-10-18/h9-12,16,20H,6-8,13-15,17H2,1-5H3,(H2,25,27,28). The van der Waals surface area contributed by atoms with Crippen LogP contribution in [0, 0.1) is 0 Å². The van der Waals surface area contributed by atoms with Crippen LogP contribution in [0.2, 0.25) is 0 Å². The fourth-order valence-corrected chi connectivity index (χ4v) is 3.83. The van der Waals surface area contributed by atoms with Crippen LogP contribution in [0.5, 0.6) is 5.75 Å². The van der Waals surface area contributed by atoms with E-state index in [0.717, 1.165) is 37.1 Å². The predicted molar refractivity (Wildman–Crippen MR) is 125 cm³/mol. The second-order valence-corrected chi connectivity index (χ2v) is 9.06. The van der Waals surface area contributed by atoms with Gasteiger partial charge in [0.15, 0.2) is 5.96 Å². The van der Waals surface area contributed by atoms with E-state index >= 15 is 0 Å². The third kappa shape index (κ3) is 6.47. The summed E-state index contributed by atoms with van der Waals surface area (Å²) in [7, 11) is 3.49.